The zero-order valence-electron chi connectivity index (χ0n) is 10.8. The molecule has 0 aliphatic rings. The number of hydrogen-bond donors (Lipinski definition) is 2. The van der Waals surface area contributed by atoms with Crippen molar-refractivity contribution in [2.75, 3.05) is 11.5 Å². The fraction of sp³-hybridized carbons (Fsp3) is 0.583. The van der Waals surface area contributed by atoms with Gasteiger partial charge in [-0.2, -0.15) is 11.8 Å². The van der Waals surface area contributed by atoms with Gasteiger partial charge < -0.3 is 10.4 Å². The van der Waals surface area contributed by atoms with Crippen LogP contribution in [0.5, 0.6) is 0 Å². The smallest absolute Gasteiger partial charge is 0.355 e. The molecule has 0 aromatic carbocycles. The molecule has 0 aliphatic carbocycles. The van der Waals surface area contributed by atoms with Gasteiger partial charge in [0.1, 0.15) is 5.01 Å². The Balaban J connectivity index is 2.17. The molecule has 0 bridgehead atoms. The Kier molecular flexibility index (Phi) is 7.50. The van der Waals surface area contributed by atoms with E-state index in [2.05, 4.69) is 17.2 Å². The molecule has 1 aromatic heterocycles. The van der Waals surface area contributed by atoms with E-state index in [9.17, 15) is 9.59 Å². The molecule has 0 saturated heterocycles. The van der Waals surface area contributed by atoms with Crippen LogP contribution in [0.25, 0.3) is 0 Å². The van der Waals surface area contributed by atoms with Crippen molar-refractivity contribution in [2.24, 2.45) is 0 Å². The van der Waals surface area contributed by atoms with E-state index in [1.54, 1.807) is 11.8 Å². The number of aromatic carboxylic acids is 1. The number of carboxylic acids is 1. The fourth-order valence-electron chi connectivity index (χ4n) is 1.27. The summed E-state index contributed by atoms with van der Waals surface area (Å²) in [6, 6.07) is 0. The maximum absolute atomic E-state index is 11.5. The third-order valence-electron chi connectivity index (χ3n) is 2.32. The molecule has 0 fully saturated rings. The summed E-state index contributed by atoms with van der Waals surface area (Å²) in [5, 5.41) is 13.6. The van der Waals surface area contributed by atoms with Crippen LogP contribution in [0.1, 0.15) is 41.7 Å². The third kappa shape index (κ3) is 6.58. The molecule has 7 heteroatoms. The Bertz CT molecular complexity index is 421. The minimum absolute atomic E-state index is 0.0175. The first-order valence-electron chi connectivity index (χ1n) is 6.15. The van der Waals surface area contributed by atoms with E-state index in [0.717, 1.165) is 11.5 Å². The molecule has 0 atom stereocenters. The van der Waals surface area contributed by atoms with Gasteiger partial charge in [-0.05, 0) is 12.2 Å². The van der Waals surface area contributed by atoms with Crippen LogP contribution in [0.2, 0.25) is 0 Å². The minimum Gasteiger partial charge on any atom is -0.476 e. The normalized spacial score (nSPS) is 10.4. The second-order valence-electron chi connectivity index (χ2n) is 3.92. The first-order valence-corrected chi connectivity index (χ1v) is 8.19. The van der Waals surface area contributed by atoms with E-state index in [-0.39, 0.29) is 11.6 Å². The number of nitrogens with one attached hydrogen (secondary N) is 1. The Morgan fingerprint density at radius 3 is 2.89 bits per heavy atom. The van der Waals surface area contributed by atoms with Gasteiger partial charge in [-0.3, -0.25) is 4.79 Å². The molecule has 106 valence electrons. The van der Waals surface area contributed by atoms with Gasteiger partial charge in [0.25, 0.3) is 0 Å². The summed E-state index contributed by atoms with van der Waals surface area (Å²) in [5.41, 5.74) is 0.0318. The number of thiazole rings is 1. The first-order chi connectivity index (χ1) is 9.13. The average Bonchev–Trinajstić information content (AvgIpc) is 2.85. The van der Waals surface area contributed by atoms with Crippen molar-refractivity contribution >= 4 is 35.0 Å². The number of carboxylic acid groups (broad SMARTS) is 1. The highest BCUT2D eigenvalue weighted by molar-refractivity contribution is 7.99. The molecule has 0 unspecified atom stereocenters. The van der Waals surface area contributed by atoms with Crippen molar-refractivity contribution in [3.05, 3.63) is 16.1 Å². The van der Waals surface area contributed by atoms with Gasteiger partial charge >= 0.3 is 5.97 Å². The van der Waals surface area contributed by atoms with Crippen LogP contribution >= 0.6 is 23.1 Å². The van der Waals surface area contributed by atoms with E-state index < -0.39 is 5.97 Å². The lowest BCUT2D eigenvalue weighted by atomic mass is 10.4. The number of aromatic nitrogens is 1. The summed E-state index contributed by atoms with van der Waals surface area (Å²) in [5.74, 6) is 0.861. The number of rotatable bonds is 9. The number of unbranched alkanes of at least 4 members (excludes halogenated alkanes) is 1. The molecule has 1 heterocycles. The van der Waals surface area contributed by atoms with Crippen molar-refractivity contribution in [3.8, 4) is 0 Å². The van der Waals surface area contributed by atoms with Gasteiger partial charge in [-0.1, -0.05) is 13.3 Å². The molecule has 0 aliphatic heterocycles. The summed E-state index contributed by atoms with van der Waals surface area (Å²) in [6.07, 6.45) is 2.85. The monoisotopic (exact) mass is 302 g/mol. The Hall–Kier alpha value is -1.08. The topological polar surface area (TPSA) is 79.3 Å². The Morgan fingerprint density at radius 1 is 1.47 bits per heavy atom. The van der Waals surface area contributed by atoms with Gasteiger partial charge in [-0.15, -0.1) is 11.3 Å². The van der Waals surface area contributed by atoms with Crippen molar-refractivity contribution in [2.45, 2.75) is 32.7 Å². The maximum Gasteiger partial charge on any atom is 0.355 e. The van der Waals surface area contributed by atoms with E-state index >= 15 is 0 Å². The highest BCUT2D eigenvalue weighted by atomic mass is 32.2. The highest BCUT2D eigenvalue weighted by Gasteiger charge is 2.09. The van der Waals surface area contributed by atoms with Crippen LogP contribution in [-0.4, -0.2) is 33.5 Å². The summed E-state index contributed by atoms with van der Waals surface area (Å²) >= 11 is 3.03. The molecule has 1 aromatic rings. The first kappa shape index (κ1) is 16.0. The highest BCUT2D eigenvalue weighted by Crippen LogP contribution is 2.10. The number of amides is 1. The SMILES string of the molecule is CCCCSCCC(=O)NCc1nc(C(=O)O)cs1. The zero-order valence-corrected chi connectivity index (χ0v) is 12.5. The molecule has 0 spiro atoms. The van der Waals surface area contributed by atoms with E-state index in [0.29, 0.717) is 18.0 Å². The number of carbonyl (C=O) groups is 2. The van der Waals surface area contributed by atoms with Crippen LogP contribution in [0, 0.1) is 0 Å². The lowest BCUT2D eigenvalue weighted by molar-refractivity contribution is -0.120. The van der Waals surface area contributed by atoms with Gasteiger partial charge in [-0.25, -0.2) is 9.78 Å². The molecule has 0 radical (unpaired) electrons. The number of hydrogen-bond acceptors (Lipinski definition) is 5. The predicted molar refractivity (Wildman–Crippen MR) is 77.8 cm³/mol. The molecular formula is C12H18N2O3S2. The Labute approximate surface area is 120 Å². The number of nitrogens with zero attached hydrogens (tertiary/aromatic N) is 1. The molecule has 1 amide bonds. The van der Waals surface area contributed by atoms with Crippen molar-refractivity contribution in [1.82, 2.24) is 10.3 Å². The van der Waals surface area contributed by atoms with Crippen LogP contribution in [0.3, 0.4) is 0 Å². The van der Waals surface area contributed by atoms with Gasteiger partial charge in [0.15, 0.2) is 5.69 Å². The molecule has 0 saturated carbocycles. The lowest BCUT2D eigenvalue weighted by Gasteiger charge is -2.03. The summed E-state index contributed by atoms with van der Waals surface area (Å²) in [4.78, 5) is 26.1. The second kappa shape index (κ2) is 8.92. The second-order valence-corrected chi connectivity index (χ2v) is 6.09. The molecule has 1 rings (SSSR count). The molecule has 2 N–H and O–H groups in total. The minimum atomic E-state index is -1.04. The van der Waals surface area contributed by atoms with E-state index in [1.807, 2.05) is 0 Å². The van der Waals surface area contributed by atoms with Crippen LogP contribution in [-0.2, 0) is 11.3 Å². The predicted octanol–water partition coefficient (Wildman–Crippen LogP) is 2.38. The van der Waals surface area contributed by atoms with Crippen LogP contribution in [0.4, 0.5) is 0 Å². The number of thioether (sulfide) groups is 1. The third-order valence-corrected chi connectivity index (χ3v) is 4.24. The van der Waals surface area contributed by atoms with E-state index in [4.69, 9.17) is 5.11 Å². The van der Waals surface area contributed by atoms with Gasteiger partial charge in [0, 0.05) is 17.6 Å². The maximum atomic E-state index is 11.5. The number of carbonyl (C=O) groups excluding carboxylic acids is 1. The van der Waals surface area contributed by atoms with Gasteiger partial charge in [0.05, 0.1) is 6.54 Å². The fourth-order valence-corrected chi connectivity index (χ4v) is 3.00. The summed E-state index contributed by atoms with van der Waals surface area (Å²) in [7, 11) is 0. The average molecular weight is 302 g/mol. The van der Waals surface area contributed by atoms with E-state index in [1.165, 1.54) is 29.6 Å². The summed E-state index contributed by atoms with van der Waals surface area (Å²) in [6.45, 7) is 2.45. The van der Waals surface area contributed by atoms with Crippen LogP contribution in [0.15, 0.2) is 5.38 Å². The van der Waals surface area contributed by atoms with Crippen molar-refractivity contribution < 1.29 is 14.7 Å². The van der Waals surface area contributed by atoms with Gasteiger partial charge in [0.2, 0.25) is 5.91 Å². The van der Waals surface area contributed by atoms with Crippen molar-refractivity contribution in [1.29, 1.82) is 0 Å². The molecule has 5 nitrogen and oxygen atoms in total. The zero-order chi connectivity index (χ0) is 14.1. The summed E-state index contributed by atoms with van der Waals surface area (Å²) < 4.78 is 0. The van der Waals surface area contributed by atoms with Crippen molar-refractivity contribution in [3.63, 3.8) is 0 Å². The largest absolute Gasteiger partial charge is 0.476 e. The standard InChI is InChI=1S/C12H18N2O3S2/c1-2-3-5-18-6-4-10(15)13-7-11-14-9(8-19-11)12(16)17/h8H,2-7H2,1H3,(H,13,15)(H,16,17). The quantitative estimate of drug-likeness (QED) is 0.685. The molecule has 19 heavy (non-hydrogen) atoms. The van der Waals surface area contributed by atoms with Crippen LogP contribution < -0.4 is 5.32 Å². The molecular weight excluding hydrogens is 284 g/mol. The Morgan fingerprint density at radius 2 is 2.26 bits per heavy atom. The lowest BCUT2D eigenvalue weighted by Crippen LogP contribution is -2.23.